The van der Waals surface area contributed by atoms with Gasteiger partial charge in [0.2, 0.25) is 0 Å². The van der Waals surface area contributed by atoms with E-state index in [-0.39, 0.29) is 12.1 Å². The zero-order chi connectivity index (χ0) is 16.8. The summed E-state index contributed by atoms with van der Waals surface area (Å²) < 4.78 is 5.41. The van der Waals surface area contributed by atoms with Crippen LogP contribution in [0.15, 0.2) is 0 Å². The molecule has 0 spiro atoms. The minimum atomic E-state index is 0.00415. The van der Waals surface area contributed by atoms with Gasteiger partial charge in [-0.3, -0.25) is 4.90 Å². The molecule has 0 radical (unpaired) electrons. The second kappa shape index (κ2) is 9.04. The van der Waals surface area contributed by atoms with E-state index in [4.69, 9.17) is 4.74 Å². The maximum atomic E-state index is 12.3. The van der Waals surface area contributed by atoms with Gasteiger partial charge in [0.05, 0.1) is 0 Å². The highest BCUT2D eigenvalue weighted by atomic mass is 16.5. The number of urea groups is 1. The van der Waals surface area contributed by atoms with E-state index in [1.807, 2.05) is 0 Å². The van der Waals surface area contributed by atoms with Crippen molar-refractivity contribution in [3.05, 3.63) is 0 Å². The van der Waals surface area contributed by atoms with Crippen LogP contribution in [0.1, 0.15) is 64.7 Å². The van der Waals surface area contributed by atoms with Crippen LogP contribution in [0.4, 0.5) is 4.79 Å². The van der Waals surface area contributed by atoms with Gasteiger partial charge >= 0.3 is 6.03 Å². The van der Waals surface area contributed by atoms with Crippen molar-refractivity contribution < 1.29 is 9.53 Å². The molecule has 0 unspecified atom stereocenters. The van der Waals surface area contributed by atoms with Gasteiger partial charge in [0.25, 0.3) is 0 Å². The van der Waals surface area contributed by atoms with Crippen molar-refractivity contribution in [3.8, 4) is 0 Å². The average molecular weight is 338 g/mol. The Kier molecular flexibility index (Phi) is 6.78. The lowest BCUT2D eigenvalue weighted by Gasteiger charge is -2.35. The van der Waals surface area contributed by atoms with Crippen LogP contribution in [-0.2, 0) is 4.74 Å². The molecule has 3 aliphatic rings. The first kappa shape index (κ1) is 18.0. The number of nitrogens with zero attached hydrogens (tertiary/aromatic N) is 1. The Bertz CT molecular complexity index is 392. The van der Waals surface area contributed by atoms with Gasteiger partial charge in [-0.05, 0) is 57.9 Å². The second-order valence-corrected chi connectivity index (χ2v) is 7.92. The summed E-state index contributed by atoms with van der Waals surface area (Å²) >= 11 is 0. The number of likely N-dealkylation sites (tertiary alicyclic amines) is 1. The summed E-state index contributed by atoms with van der Waals surface area (Å²) in [7, 11) is 0. The van der Waals surface area contributed by atoms with Gasteiger partial charge in [0, 0.05) is 37.9 Å². The van der Waals surface area contributed by atoms with E-state index in [0.717, 1.165) is 38.6 Å². The number of hydrogen-bond donors (Lipinski definition) is 2. The standard InChI is InChI=1S/C19H35N3O2/c1-15(16-9-12-24-13-10-16)21-19(23)20-14-18-8-5-11-22(18)17-6-3-2-4-7-17/h15-18H,2-14H2,1H3,(H2,20,21,23)/t15-,18+/m0/s1. The van der Waals surface area contributed by atoms with Gasteiger partial charge in [-0.15, -0.1) is 0 Å². The molecule has 2 amide bonds. The third-order valence-electron chi connectivity index (χ3n) is 6.30. The lowest BCUT2D eigenvalue weighted by molar-refractivity contribution is 0.0570. The van der Waals surface area contributed by atoms with Gasteiger partial charge in [0.1, 0.15) is 0 Å². The Labute approximate surface area is 146 Å². The van der Waals surface area contributed by atoms with Gasteiger partial charge in [-0.25, -0.2) is 4.79 Å². The van der Waals surface area contributed by atoms with Crippen molar-refractivity contribution in [3.63, 3.8) is 0 Å². The molecule has 2 N–H and O–H groups in total. The van der Waals surface area contributed by atoms with Crippen LogP contribution in [0, 0.1) is 5.92 Å². The molecule has 1 saturated carbocycles. The molecule has 1 aliphatic carbocycles. The fourth-order valence-electron chi connectivity index (χ4n) is 4.77. The minimum absolute atomic E-state index is 0.00415. The van der Waals surface area contributed by atoms with Gasteiger partial charge in [-0.1, -0.05) is 19.3 Å². The topological polar surface area (TPSA) is 53.6 Å². The lowest BCUT2D eigenvalue weighted by atomic mass is 9.93. The van der Waals surface area contributed by atoms with E-state index in [0.29, 0.717) is 12.0 Å². The van der Waals surface area contributed by atoms with E-state index in [9.17, 15) is 4.79 Å². The highest BCUT2D eigenvalue weighted by Crippen LogP contribution is 2.28. The quantitative estimate of drug-likeness (QED) is 0.811. The molecule has 0 aromatic heterocycles. The van der Waals surface area contributed by atoms with Crippen molar-refractivity contribution in [2.45, 2.75) is 82.8 Å². The monoisotopic (exact) mass is 337 g/mol. The predicted molar refractivity (Wildman–Crippen MR) is 96.1 cm³/mol. The van der Waals surface area contributed by atoms with Gasteiger partial charge in [0.15, 0.2) is 0 Å². The van der Waals surface area contributed by atoms with Crippen LogP contribution in [0.3, 0.4) is 0 Å². The largest absolute Gasteiger partial charge is 0.381 e. The van der Waals surface area contributed by atoms with E-state index in [1.165, 1.54) is 51.5 Å². The van der Waals surface area contributed by atoms with Crippen molar-refractivity contribution in [1.29, 1.82) is 0 Å². The van der Waals surface area contributed by atoms with Gasteiger partial charge < -0.3 is 15.4 Å². The normalized spacial score (nSPS) is 28.6. The van der Waals surface area contributed by atoms with Crippen LogP contribution < -0.4 is 10.6 Å². The smallest absolute Gasteiger partial charge is 0.315 e. The summed E-state index contributed by atoms with van der Waals surface area (Å²) in [5.41, 5.74) is 0. The number of rotatable bonds is 5. The summed E-state index contributed by atoms with van der Waals surface area (Å²) in [5.74, 6) is 0.551. The zero-order valence-electron chi connectivity index (χ0n) is 15.3. The van der Waals surface area contributed by atoms with E-state index < -0.39 is 0 Å². The van der Waals surface area contributed by atoms with Crippen LogP contribution in [0.2, 0.25) is 0 Å². The number of carbonyl (C=O) groups excluding carboxylic acids is 1. The average Bonchev–Trinajstić information content (AvgIpc) is 3.10. The number of hydrogen-bond acceptors (Lipinski definition) is 3. The third-order valence-corrected chi connectivity index (χ3v) is 6.30. The van der Waals surface area contributed by atoms with Crippen molar-refractivity contribution in [2.24, 2.45) is 5.92 Å². The van der Waals surface area contributed by atoms with Crippen LogP contribution in [-0.4, -0.2) is 55.4 Å². The fraction of sp³-hybridized carbons (Fsp3) is 0.947. The molecule has 5 heteroatoms. The molecule has 138 valence electrons. The molecular weight excluding hydrogens is 302 g/mol. The number of amides is 2. The molecule has 2 atom stereocenters. The van der Waals surface area contributed by atoms with E-state index >= 15 is 0 Å². The molecule has 5 nitrogen and oxygen atoms in total. The van der Waals surface area contributed by atoms with Crippen LogP contribution >= 0.6 is 0 Å². The second-order valence-electron chi connectivity index (χ2n) is 7.92. The molecule has 3 rings (SSSR count). The maximum Gasteiger partial charge on any atom is 0.315 e. The Balaban J connectivity index is 1.39. The summed E-state index contributed by atoms with van der Waals surface area (Å²) in [6.07, 6.45) is 11.5. The Morgan fingerprint density at radius 3 is 2.58 bits per heavy atom. The van der Waals surface area contributed by atoms with Crippen molar-refractivity contribution >= 4 is 6.03 Å². The lowest BCUT2D eigenvalue weighted by Crippen LogP contribution is -2.50. The first-order valence-corrected chi connectivity index (χ1v) is 10.1. The molecule has 2 aliphatic heterocycles. The van der Waals surface area contributed by atoms with E-state index in [1.54, 1.807) is 0 Å². The molecule has 24 heavy (non-hydrogen) atoms. The van der Waals surface area contributed by atoms with Crippen molar-refractivity contribution in [1.82, 2.24) is 15.5 Å². The summed E-state index contributed by atoms with van der Waals surface area (Å²) in [4.78, 5) is 14.9. The SMILES string of the molecule is C[C@H](NC(=O)NC[C@H]1CCCN1C1CCCCC1)C1CCOCC1. The first-order valence-electron chi connectivity index (χ1n) is 10.1. The Hall–Kier alpha value is -0.810. The summed E-state index contributed by atoms with van der Waals surface area (Å²) in [5, 5.41) is 6.28. The molecule has 0 aromatic rings. The molecular formula is C19H35N3O2. The van der Waals surface area contributed by atoms with Crippen molar-refractivity contribution in [2.75, 3.05) is 26.3 Å². The highest BCUT2D eigenvalue weighted by molar-refractivity contribution is 5.74. The Morgan fingerprint density at radius 1 is 1.08 bits per heavy atom. The molecule has 2 heterocycles. The summed E-state index contributed by atoms with van der Waals surface area (Å²) in [6, 6.07) is 1.53. The summed E-state index contributed by atoms with van der Waals surface area (Å²) in [6.45, 7) is 5.80. The molecule has 3 fully saturated rings. The molecule has 0 aromatic carbocycles. The Morgan fingerprint density at radius 2 is 1.83 bits per heavy atom. The highest BCUT2D eigenvalue weighted by Gasteiger charge is 2.31. The molecule has 2 saturated heterocycles. The van der Waals surface area contributed by atoms with Gasteiger partial charge in [-0.2, -0.15) is 0 Å². The predicted octanol–water partition coefficient (Wildman–Crippen LogP) is 2.90. The fourth-order valence-corrected chi connectivity index (χ4v) is 4.77. The number of carbonyl (C=O) groups is 1. The number of nitrogens with one attached hydrogen (secondary N) is 2. The van der Waals surface area contributed by atoms with E-state index in [2.05, 4.69) is 22.5 Å². The third kappa shape index (κ3) is 4.85. The van der Waals surface area contributed by atoms with Crippen LogP contribution in [0.5, 0.6) is 0 Å². The zero-order valence-corrected chi connectivity index (χ0v) is 15.3. The first-order chi connectivity index (χ1) is 11.7. The van der Waals surface area contributed by atoms with Crippen LogP contribution in [0.25, 0.3) is 0 Å². The maximum absolute atomic E-state index is 12.3. The number of ether oxygens (including phenoxy) is 1. The molecule has 0 bridgehead atoms. The minimum Gasteiger partial charge on any atom is -0.381 e.